The van der Waals surface area contributed by atoms with Gasteiger partial charge in [-0.3, -0.25) is 9.59 Å². The first kappa shape index (κ1) is 15.0. The molecule has 2 aromatic rings. The number of amides is 1. The Balaban J connectivity index is 2.01. The second kappa shape index (κ2) is 5.06. The number of carbonyl (C=O) groups is 2. The molecule has 1 aromatic heterocycles. The Morgan fingerprint density at radius 2 is 2.00 bits per heavy atom. The smallest absolute Gasteiger partial charge is 0.350 e. The van der Waals surface area contributed by atoms with E-state index in [9.17, 15) is 24.6 Å². The van der Waals surface area contributed by atoms with Gasteiger partial charge in [-0.25, -0.2) is 4.79 Å². The molecule has 1 aromatic carbocycles. The van der Waals surface area contributed by atoms with Crippen LogP contribution >= 0.6 is 0 Å². The third-order valence-electron chi connectivity index (χ3n) is 3.75. The van der Waals surface area contributed by atoms with Crippen LogP contribution in [0, 0.1) is 6.92 Å². The van der Waals surface area contributed by atoms with E-state index in [0.717, 1.165) is 6.07 Å². The number of benzene rings is 1. The summed E-state index contributed by atoms with van der Waals surface area (Å²) in [6, 6.07) is 7.52. The third-order valence-corrected chi connectivity index (χ3v) is 3.75. The average Bonchev–Trinajstić information content (AvgIpc) is 2.69. The Kier molecular flexibility index (Phi) is 3.30. The molecule has 0 bridgehead atoms. The molecule has 1 atom stereocenters. The molecule has 0 radical (unpaired) electrons. The van der Waals surface area contributed by atoms with Gasteiger partial charge in [0.1, 0.15) is 17.1 Å². The monoisotopic (exact) mass is 315 g/mol. The summed E-state index contributed by atoms with van der Waals surface area (Å²) in [4.78, 5) is 36.2. The van der Waals surface area contributed by atoms with Crippen LogP contribution in [0.3, 0.4) is 0 Å². The van der Waals surface area contributed by atoms with Gasteiger partial charge in [-0.15, -0.1) is 0 Å². The van der Waals surface area contributed by atoms with Crippen LogP contribution in [-0.2, 0) is 10.4 Å². The van der Waals surface area contributed by atoms with E-state index in [4.69, 9.17) is 4.42 Å². The molecule has 3 N–H and O–H groups in total. The number of aryl methyl sites for hydroxylation is 1. The lowest BCUT2D eigenvalue weighted by molar-refractivity contribution is -0.133. The molecule has 23 heavy (non-hydrogen) atoms. The minimum Gasteiger partial charge on any atom is -0.507 e. The predicted molar refractivity (Wildman–Crippen MR) is 79.3 cm³/mol. The molecule has 118 valence electrons. The van der Waals surface area contributed by atoms with E-state index in [1.165, 1.54) is 13.0 Å². The molecule has 1 amide bonds. The number of hydrogen-bond donors (Lipinski definition) is 3. The zero-order valence-electron chi connectivity index (χ0n) is 12.1. The Morgan fingerprint density at radius 1 is 1.30 bits per heavy atom. The Labute approximate surface area is 130 Å². The maximum atomic E-state index is 12.4. The molecule has 1 unspecified atom stereocenters. The molecular formula is C16H13NO6. The van der Waals surface area contributed by atoms with Crippen LogP contribution in [-0.4, -0.2) is 21.9 Å². The summed E-state index contributed by atoms with van der Waals surface area (Å²) in [5.74, 6) is -2.04. The van der Waals surface area contributed by atoms with E-state index in [0.29, 0.717) is 5.69 Å². The van der Waals surface area contributed by atoms with Crippen molar-refractivity contribution in [3.05, 3.63) is 57.6 Å². The molecule has 0 saturated carbocycles. The molecular weight excluding hydrogens is 302 g/mol. The first-order valence-corrected chi connectivity index (χ1v) is 6.83. The van der Waals surface area contributed by atoms with E-state index < -0.39 is 40.7 Å². The van der Waals surface area contributed by atoms with E-state index in [-0.39, 0.29) is 11.3 Å². The number of nitrogens with one attached hydrogen (secondary N) is 1. The number of hydrogen-bond acceptors (Lipinski definition) is 6. The lowest BCUT2D eigenvalue weighted by Gasteiger charge is -2.19. The van der Waals surface area contributed by atoms with Crippen molar-refractivity contribution in [3.8, 4) is 5.75 Å². The highest BCUT2D eigenvalue weighted by Gasteiger charge is 2.47. The fraction of sp³-hybridized carbons (Fsp3) is 0.188. The van der Waals surface area contributed by atoms with Crippen molar-refractivity contribution in [2.24, 2.45) is 0 Å². The summed E-state index contributed by atoms with van der Waals surface area (Å²) in [5.41, 5.74) is -3.05. The third kappa shape index (κ3) is 2.31. The van der Waals surface area contributed by atoms with Crippen molar-refractivity contribution >= 4 is 17.4 Å². The number of aromatic hydroxyl groups is 1. The van der Waals surface area contributed by atoms with Crippen molar-refractivity contribution in [2.75, 3.05) is 5.32 Å². The maximum absolute atomic E-state index is 12.4. The fourth-order valence-corrected chi connectivity index (χ4v) is 2.65. The molecule has 0 saturated heterocycles. The number of anilines is 1. The van der Waals surface area contributed by atoms with Crippen molar-refractivity contribution in [3.63, 3.8) is 0 Å². The Morgan fingerprint density at radius 3 is 2.70 bits per heavy atom. The maximum Gasteiger partial charge on any atom is 0.350 e. The molecule has 3 rings (SSSR count). The summed E-state index contributed by atoms with van der Waals surface area (Å²) in [6.45, 7) is 1.45. The van der Waals surface area contributed by atoms with Crippen LogP contribution in [0.1, 0.15) is 28.1 Å². The van der Waals surface area contributed by atoms with E-state index >= 15 is 0 Å². The predicted octanol–water partition coefficient (Wildman–Crippen LogP) is 1.07. The Hall–Kier alpha value is -2.93. The van der Waals surface area contributed by atoms with Gasteiger partial charge in [0.2, 0.25) is 0 Å². The molecule has 0 aliphatic carbocycles. The van der Waals surface area contributed by atoms with Crippen LogP contribution in [0.25, 0.3) is 0 Å². The van der Waals surface area contributed by atoms with Crippen LogP contribution in [0.2, 0.25) is 0 Å². The van der Waals surface area contributed by atoms with Crippen molar-refractivity contribution in [1.82, 2.24) is 0 Å². The highest BCUT2D eigenvalue weighted by atomic mass is 16.4. The lowest BCUT2D eigenvalue weighted by Crippen LogP contribution is -2.37. The highest BCUT2D eigenvalue weighted by Crippen LogP contribution is 2.39. The highest BCUT2D eigenvalue weighted by molar-refractivity contribution is 6.09. The normalized spacial score (nSPS) is 19.3. The van der Waals surface area contributed by atoms with E-state index in [1.807, 2.05) is 0 Å². The standard InChI is InChI=1S/C16H13NO6/c1-8-6-11(18)13(14(20)23-8)12(19)7-16(22)9-4-2-3-5-10(9)17-15(16)21/h2-6,18,22H,7H2,1H3,(H,17,21). The lowest BCUT2D eigenvalue weighted by atomic mass is 9.88. The summed E-state index contributed by atoms with van der Waals surface area (Å²) in [6.07, 6.45) is -0.683. The van der Waals surface area contributed by atoms with Gasteiger partial charge in [0.05, 0.1) is 6.42 Å². The van der Waals surface area contributed by atoms with Gasteiger partial charge in [0.15, 0.2) is 11.4 Å². The van der Waals surface area contributed by atoms with Crippen molar-refractivity contribution < 1.29 is 24.2 Å². The summed E-state index contributed by atoms with van der Waals surface area (Å²) in [7, 11) is 0. The molecule has 0 spiro atoms. The van der Waals surface area contributed by atoms with Crippen LogP contribution in [0.4, 0.5) is 5.69 Å². The number of para-hydroxylation sites is 1. The first-order chi connectivity index (χ1) is 10.8. The van der Waals surface area contributed by atoms with Crippen LogP contribution < -0.4 is 10.9 Å². The zero-order valence-corrected chi connectivity index (χ0v) is 12.1. The number of ketones is 1. The average molecular weight is 315 g/mol. The number of aliphatic hydroxyl groups is 1. The van der Waals surface area contributed by atoms with E-state index in [1.54, 1.807) is 18.2 Å². The van der Waals surface area contributed by atoms with Crippen LogP contribution in [0.5, 0.6) is 5.75 Å². The summed E-state index contributed by atoms with van der Waals surface area (Å²) < 4.78 is 4.79. The van der Waals surface area contributed by atoms with Crippen LogP contribution in [0.15, 0.2) is 39.5 Å². The minimum atomic E-state index is -2.10. The first-order valence-electron chi connectivity index (χ1n) is 6.83. The topological polar surface area (TPSA) is 117 Å². The van der Waals surface area contributed by atoms with Gasteiger partial charge >= 0.3 is 5.63 Å². The zero-order chi connectivity index (χ0) is 16.8. The SMILES string of the molecule is Cc1cc(O)c(C(=O)CC2(O)C(=O)Nc3ccccc32)c(=O)o1. The van der Waals surface area contributed by atoms with Gasteiger partial charge in [0.25, 0.3) is 5.91 Å². The van der Waals surface area contributed by atoms with Crippen molar-refractivity contribution in [1.29, 1.82) is 0 Å². The number of Topliss-reactive ketones (excluding diaryl/α,β-unsaturated/α-hetero) is 1. The number of fused-ring (bicyclic) bond motifs is 1. The second-order valence-corrected chi connectivity index (χ2v) is 5.36. The molecule has 7 heteroatoms. The molecule has 0 fully saturated rings. The summed E-state index contributed by atoms with van der Waals surface area (Å²) in [5, 5.41) is 22.9. The van der Waals surface area contributed by atoms with Gasteiger partial charge in [0, 0.05) is 17.3 Å². The Bertz CT molecular complexity index is 884. The van der Waals surface area contributed by atoms with E-state index in [2.05, 4.69) is 5.32 Å². The van der Waals surface area contributed by atoms with Gasteiger partial charge in [-0.1, -0.05) is 18.2 Å². The molecule has 2 heterocycles. The summed E-state index contributed by atoms with van der Waals surface area (Å²) >= 11 is 0. The molecule has 1 aliphatic rings. The number of rotatable bonds is 3. The number of carbonyl (C=O) groups excluding carboxylic acids is 2. The minimum absolute atomic E-state index is 0.145. The largest absolute Gasteiger partial charge is 0.507 e. The molecule has 7 nitrogen and oxygen atoms in total. The quantitative estimate of drug-likeness (QED) is 0.729. The second-order valence-electron chi connectivity index (χ2n) is 5.36. The van der Waals surface area contributed by atoms with Gasteiger partial charge in [-0.05, 0) is 13.0 Å². The van der Waals surface area contributed by atoms with Gasteiger partial charge in [-0.2, -0.15) is 0 Å². The fourth-order valence-electron chi connectivity index (χ4n) is 2.65. The van der Waals surface area contributed by atoms with Gasteiger partial charge < -0.3 is 19.9 Å². The van der Waals surface area contributed by atoms with Crippen molar-refractivity contribution in [2.45, 2.75) is 18.9 Å². The molecule has 1 aliphatic heterocycles.